The number of piperazine rings is 1. The zero-order valence-corrected chi connectivity index (χ0v) is 13.9. The maximum Gasteiger partial charge on any atom is 0.0338 e. The van der Waals surface area contributed by atoms with Crippen LogP contribution in [0.2, 0.25) is 0 Å². The van der Waals surface area contributed by atoms with Crippen molar-refractivity contribution >= 4 is 0 Å². The number of hydrogen-bond acceptors (Lipinski definition) is 2. The van der Waals surface area contributed by atoms with Crippen LogP contribution >= 0.6 is 0 Å². The van der Waals surface area contributed by atoms with Crippen LogP contribution in [0.1, 0.15) is 52.0 Å². The normalized spacial score (nSPS) is 29.5. The van der Waals surface area contributed by atoms with E-state index in [1.807, 2.05) is 0 Å². The van der Waals surface area contributed by atoms with Crippen molar-refractivity contribution < 1.29 is 0 Å². The first-order valence-electron chi connectivity index (χ1n) is 8.66. The van der Waals surface area contributed by atoms with Gasteiger partial charge in [-0.3, -0.25) is 4.90 Å². The Kier molecular flexibility index (Phi) is 4.11. The van der Waals surface area contributed by atoms with Crippen LogP contribution in [0, 0.1) is 5.92 Å². The van der Waals surface area contributed by atoms with Crippen molar-refractivity contribution in [3.63, 3.8) is 0 Å². The molecule has 116 valence electrons. The molecule has 0 bridgehead atoms. The molecule has 1 N–H and O–H groups in total. The molecule has 0 amide bonds. The lowest BCUT2D eigenvalue weighted by molar-refractivity contribution is -0.00844. The summed E-state index contributed by atoms with van der Waals surface area (Å²) in [6, 6.07) is 11.0. The lowest BCUT2D eigenvalue weighted by Gasteiger charge is -2.54. The van der Waals surface area contributed by atoms with E-state index in [9.17, 15) is 0 Å². The van der Waals surface area contributed by atoms with Gasteiger partial charge in [0.1, 0.15) is 0 Å². The van der Waals surface area contributed by atoms with Gasteiger partial charge < -0.3 is 5.32 Å². The summed E-state index contributed by atoms with van der Waals surface area (Å²) in [7, 11) is 0. The fraction of sp³-hybridized carbons (Fsp3) is 0.684. The van der Waals surface area contributed by atoms with Crippen molar-refractivity contribution in [1.29, 1.82) is 0 Å². The molecular weight excluding hydrogens is 256 g/mol. The van der Waals surface area contributed by atoms with Crippen LogP contribution in [0.4, 0.5) is 0 Å². The Bertz CT molecular complexity index is 462. The Morgan fingerprint density at radius 3 is 2.38 bits per heavy atom. The van der Waals surface area contributed by atoms with Crippen molar-refractivity contribution in [2.75, 3.05) is 13.1 Å². The molecule has 1 aliphatic carbocycles. The van der Waals surface area contributed by atoms with Gasteiger partial charge in [-0.25, -0.2) is 0 Å². The van der Waals surface area contributed by atoms with Crippen molar-refractivity contribution in [1.82, 2.24) is 10.2 Å². The quantitative estimate of drug-likeness (QED) is 0.885. The van der Waals surface area contributed by atoms with E-state index in [0.717, 1.165) is 19.0 Å². The van der Waals surface area contributed by atoms with E-state index in [4.69, 9.17) is 0 Å². The van der Waals surface area contributed by atoms with Crippen LogP contribution < -0.4 is 5.32 Å². The molecule has 1 aromatic carbocycles. The summed E-state index contributed by atoms with van der Waals surface area (Å²) in [6.45, 7) is 10.6. The number of nitrogens with zero attached hydrogens (tertiary/aromatic N) is 1. The Labute approximate surface area is 129 Å². The smallest absolute Gasteiger partial charge is 0.0338 e. The zero-order valence-electron chi connectivity index (χ0n) is 13.9. The third kappa shape index (κ3) is 2.89. The molecular formula is C19H30N2. The third-order valence-corrected chi connectivity index (χ3v) is 6.06. The maximum absolute atomic E-state index is 3.92. The molecule has 1 unspecified atom stereocenters. The molecule has 1 aliphatic heterocycles. The number of rotatable bonds is 5. The average Bonchev–Trinajstić information content (AvgIpc) is 3.36. The first-order valence-corrected chi connectivity index (χ1v) is 8.66. The molecule has 1 saturated heterocycles. The molecule has 1 atom stereocenters. The third-order valence-electron chi connectivity index (χ3n) is 6.06. The van der Waals surface area contributed by atoms with Gasteiger partial charge in [0.05, 0.1) is 0 Å². The Hall–Kier alpha value is -0.860. The first kappa shape index (κ1) is 15.1. The summed E-state index contributed by atoms with van der Waals surface area (Å²) in [5.74, 6) is 0.889. The largest absolute Gasteiger partial charge is 0.308 e. The second kappa shape index (κ2) is 5.73. The monoisotopic (exact) mass is 286 g/mol. The van der Waals surface area contributed by atoms with Crippen LogP contribution in [0.5, 0.6) is 0 Å². The van der Waals surface area contributed by atoms with Crippen LogP contribution in [0.25, 0.3) is 0 Å². The maximum atomic E-state index is 3.92. The van der Waals surface area contributed by atoms with Gasteiger partial charge in [-0.15, -0.1) is 0 Å². The zero-order chi connectivity index (χ0) is 14.9. The molecule has 2 nitrogen and oxygen atoms in total. The lowest BCUT2D eigenvalue weighted by atomic mass is 9.81. The molecule has 0 aromatic heterocycles. The molecule has 2 heteroatoms. The first-order chi connectivity index (χ1) is 10.1. The second-order valence-electron chi connectivity index (χ2n) is 7.31. The topological polar surface area (TPSA) is 15.3 Å². The van der Waals surface area contributed by atoms with E-state index < -0.39 is 0 Å². The highest BCUT2D eigenvalue weighted by Crippen LogP contribution is 2.46. The van der Waals surface area contributed by atoms with E-state index in [1.165, 1.54) is 37.8 Å². The summed E-state index contributed by atoms with van der Waals surface area (Å²) < 4.78 is 0. The van der Waals surface area contributed by atoms with Gasteiger partial charge in [0.2, 0.25) is 0 Å². The molecule has 0 radical (unpaired) electrons. The van der Waals surface area contributed by atoms with Crippen LogP contribution in [0.15, 0.2) is 30.3 Å². The minimum atomic E-state index is 0.309. The van der Waals surface area contributed by atoms with Gasteiger partial charge in [-0.05, 0) is 44.1 Å². The number of nitrogens with one attached hydrogen (secondary N) is 1. The van der Waals surface area contributed by atoms with Gasteiger partial charge in [-0.1, -0.05) is 44.2 Å². The molecule has 1 saturated carbocycles. The van der Waals surface area contributed by atoms with E-state index in [2.05, 4.69) is 61.3 Å². The minimum absolute atomic E-state index is 0.309. The predicted octanol–water partition coefficient (Wildman–Crippen LogP) is 3.82. The van der Waals surface area contributed by atoms with E-state index in [0.29, 0.717) is 11.1 Å². The molecule has 21 heavy (non-hydrogen) atoms. The minimum Gasteiger partial charge on any atom is -0.308 e. The lowest BCUT2D eigenvalue weighted by Crippen LogP contribution is -2.69. The summed E-state index contributed by atoms with van der Waals surface area (Å²) in [4.78, 5) is 2.78. The summed E-state index contributed by atoms with van der Waals surface area (Å²) in [6.07, 6.45) is 5.26. The molecule has 2 fully saturated rings. The van der Waals surface area contributed by atoms with E-state index >= 15 is 0 Å². The van der Waals surface area contributed by atoms with Gasteiger partial charge in [0.25, 0.3) is 0 Å². The standard InChI is InChI=1S/C19H30N2/c1-4-19(5-2)15-21(13-16-9-7-6-8-10-16)18(3,14-20-19)17-11-12-17/h6-10,17,20H,4-5,11-15H2,1-3H3. The van der Waals surface area contributed by atoms with E-state index in [-0.39, 0.29) is 0 Å². The Balaban J connectivity index is 1.83. The van der Waals surface area contributed by atoms with Gasteiger partial charge in [0, 0.05) is 30.7 Å². The molecule has 3 rings (SSSR count). The fourth-order valence-corrected chi connectivity index (χ4v) is 3.95. The SMILES string of the molecule is CCC1(CC)CN(Cc2ccccc2)C(C)(C2CC2)CN1. The number of benzene rings is 1. The van der Waals surface area contributed by atoms with Gasteiger partial charge >= 0.3 is 0 Å². The highest BCUT2D eigenvalue weighted by atomic mass is 15.3. The average molecular weight is 286 g/mol. The van der Waals surface area contributed by atoms with E-state index in [1.54, 1.807) is 0 Å². The van der Waals surface area contributed by atoms with Crippen molar-refractivity contribution in [2.45, 2.75) is 64.1 Å². The van der Waals surface area contributed by atoms with Crippen LogP contribution in [0.3, 0.4) is 0 Å². The highest BCUT2D eigenvalue weighted by molar-refractivity contribution is 5.17. The van der Waals surface area contributed by atoms with Crippen LogP contribution in [-0.4, -0.2) is 29.1 Å². The van der Waals surface area contributed by atoms with Crippen LogP contribution in [-0.2, 0) is 6.54 Å². The fourth-order valence-electron chi connectivity index (χ4n) is 3.95. The summed E-state index contributed by atoms with van der Waals surface area (Å²) in [5.41, 5.74) is 2.10. The molecule has 1 heterocycles. The van der Waals surface area contributed by atoms with Gasteiger partial charge in [-0.2, -0.15) is 0 Å². The highest BCUT2D eigenvalue weighted by Gasteiger charge is 2.50. The van der Waals surface area contributed by atoms with Gasteiger partial charge in [0.15, 0.2) is 0 Å². The predicted molar refractivity (Wildman–Crippen MR) is 89.3 cm³/mol. The van der Waals surface area contributed by atoms with Crippen molar-refractivity contribution in [3.05, 3.63) is 35.9 Å². The number of hydrogen-bond donors (Lipinski definition) is 1. The Morgan fingerprint density at radius 2 is 1.81 bits per heavy atom. The molecule has 1 aromatic rings. The Morgan fingerprint density at radius 1 is 1.14 bits per heavy atom. The molecule has 0 spiro atoms. The molecule has 2 aliphatic rings. The second-order valence-corrected chi connectivity index (χ2v) is 7.31. The summed E-state index contributed by atoms with van der Waals surface area (Å²) >= 11 is 0. The summed E-state index contributed by atoms with van der Waals surface area (Å²) in [5, 5.41) is 3.92. The van der Waals surface area contributed by atoms with Crippen molar-refractivity contribution in [3.8, 4) is 0 Å². The van der Waals surface area contributed by atoms with Crippen molar-refractivity contribution in [2.24, 2.45) is 5.92 Å².